The van der Waals surface area contributed by atoms with E-state index >= 15 is 0 Å². The van der Waals surface area contributed by atoms with E-state index in [1.165, 1.54) is 7.11 Å². The van der Waals surface area contributed by atoms with Crippen LogP contribution in [0.5, 0.6) is 0 Å². The Labute approximate surface area is 209 Å². The lowest BCUT2D eigenvalue weighted by Gasteiger charge is -2.16. The first-order valence-electron chi connectivity index (χ1n) is 11.2. The zero-order valence-corrected chi connectivity index (χ0v) is 20.7. The molecule has 35 heavy (non-hydrogen) atoms. The van der Waals surface area contributed by atoms with Gasteiger partial charge in [-0.05, 0) is 53.8 Å². The molecule has 3 aromatic rings. The van der Waals surface area contributed by atoms with E-state index in [-0.39, 0.29) is 5.91 Å². The summed E-state index contributed by atoms with van der Waals surface area (Å²) in [7, 11) is 1.32. The minimum absolute atomic E-state index is 0.302. The van der Waals surface area contributed by atoms with Gasteiger partial charge < -0.3 is 19.9 Å². The fourth-order valence-corrected chi connectivity index (χ4v) is 4.02. The summed E-state index contributed by atoms with van der Waals surface area (Å²) in [6.45, 7) is 1.83. The molecular weight excluding hydrogens is 462 g/mol. The van der Waals surface area contributed by atoms with Gasteiger partial charge in [-0.25, -0.2) is 9.78 Å². The minimum atomic E-state index is -0.668. The average molecular weight is 492 g/mol. The number of methoxy groups -OCH3 is 1. The van der Waals surface area contributed by atoms with Crippen molar-refractivity contribution in [2.75, 3.05) is 19.1 Å². The summed E-state index contributed by atoms with van der Waals surface area (Å²) in [6.07, 6.45) is 6.07. The molecule has 0 saturated carbocycles. The first-order chi connectivity index (χ1) is 17.0. The number of carbonyl (C=O) groups is 2. The monoisotopic (exact) mass is 491 g/mol. The summed E-state index contributed by atoms with van der Waals surface area (Å²) in [6, 6.07) is 16.3. The van der Waals surface area contributed by atoms with Gasteiger partial charge in [0.2, 0.25) is 0 Å². The van der Waals surface area contributed by atoms with Crippen molar-refractivity contribution in [2.24, 2.45) is 0 Å². The molecule has 0 spiro atoms. The molecule has 0 aliphatic heterocycles. The van der Waals surface area contributed by atoms with Crippen molar-refractivity contribution in [3.8, 4) is 6.07 Å². The van der Waals surface area contributed by atoms with Crippen molar-refractivity contribution >= 4 is 23.6 Å². The molecule has 1 heterocycles. The van der Waals surface area contributed by atoms with Crippen LogP contribution in [0, 0.1) is 11.3 Å². The smallest absolute Gasteiger partial charge is 0.328 e. The normalized spacial score (nSPS) is 11.5. The van der Waals surface area contributed by atoms with Gasteiger partial charge in [0.1, 0.15) is 6.04 Å². The molecule has 0 bridgehead atoms. The second-order valence-electron chi connectivity index (χ2n) is 7.96. The number of nitriles is 1. The summed E-state index contributed by atoms with van der Waals surface area (Å²) in [5.74, 6) is -0.00198. The Morgan fingerprint density at radius 1 is 1.17 bits per heavy atom. The van der Waals surface area contributed by atoms with Crippen LogP contribution in [0.25, 0.3) is 0 Å². The molecule has 2 N–H and O–H groups in total. The van der Waals surface area contributed by atoms with Crippen LogP contribution in [0.3, 0.4) is 0 Å². The standard InChI is InChI=1S/C26H29N5O3S/c1-34-26(33)24(10-11-35-2)30-25(32)22-5-3-4-21(12-22)14-28-15-23-16-29-18-31(23)17-20-8-6-19(13-27)7-9-20/h3-9,12,16,18,24,28H,10-11,14-15,17H2,1-2H3,(H,30,32). The number of imidazole rings is 1. The Morgan fingerprint density at radius 3 is 2.69 bits per heavy atom. The molecule has 1 atom stereocenters. The van der Waals surface area contributed by atoms with E-state index in [1.54, 1.807) is 24.2 Å². The van der Waals surface area contributed by atoms with Gasteiger partial charge in [0, 0.05) is 31.4 Å². The number of nitrogens with zero attached hydrogens (tertiary/aromatic N) is 3. The SMILES string of the molecule is COC(=O)C(CCSC)NC(=O)c1cccc(CNCc2cncn2Cc2ccc(C#N)cc2)c1. The van der Waals surface area contributed by atoms with Crippen molar-refractivity contribution in [3.05, 3.63) is 89.0 Å². The number of thioether (sulfide) groups is 1. The molecule has 182 valence electrons. The van der Waals surface area contributed by atoms with E-state index in [1.807, 2.05) is 54.9 Å². The second-order valence-corrected chi connectivity index (χ2v) is 8.94. The Bertz CT molecular complexity index is 1170. The highest BCUT2D eigenvalue weighted by molar-refractivity contribution is 7.98. The van der Waals surface area contributed by atoms with Gasteiger partial charge >= 0.3 is 5.97 Å². The van der Waals surface area contributed by atoms with Gasteiger partial charge in [-0.15, -0.1) is 0 Å². The van der Waals surface area contributed by atoms with Gasteiger partial charge in [0.05, 0.1) is 30.8 Å². The van der Waals surface area contributed by atoms with E-state index in [2.05, 4.69) is 26.3 Å². The van der Waals surface area contributed by atoms with E-state index in [0.29, 0.717) is 37.2 Å². The lowest BCUT2D eigenvalue weighted by Crippen LogP contribution is -2.42. The highest BCUT2D eigenvalue weighted by Crippen LogP contribution is 2.10. The first kappa shape index (κ1) is 26.0. The predicted octanol–water partition coefficient (Wildman–Crippen LogP) is 3.12. The average Bonchev–Trinajstić information content (AvgIpc) is 3.33. The van der Waals surface area contributed by atoms with Crippen molar-refractivity contribution in [3.63, 3.8) is 0 Å². The molecule has 8 nitrogen and oxygen atoms in total. The maximum absolute atomic E-state index is 12.7. The number of esters is 1. The van der Waals surface area contributed by atoms with Crippen molar-refractivity contribution in [1.82, 2.24) is 20.2 Å². The largest absolute Gasteiger partial charge is 0.467 e. The minimum Gasteiger partial charge on any atom is -0.467 e. The number of rotatable bonds is 12. The second kappa shape index (κ2) is 13.3. The highest BCUT2D eigenvalue weighted by Gasteiger charge is 2.21. The molecule has 0 radical (unpaired) electrons. The summed E-state index contributed by atoms with van der Waals surface area (Å²) >= 11 is 1.61. The number of benzene rings is 2. The van der Waals surface area contributed by atoms with E-state index < -0.39 is 12.0 Å². The molecule has 0 aliphatic carbocycles. The third kappa shape index (κ3) is 7.70. The third-order valence-corrected chi connectivity index (χ3v) is 6.10. The zero-order valence-electron chi connectivity index (χ0n) is 19.9. The van der Waals surface area contributed by atoms with Gasteiger partial charge in [-0.1, -0.05) is 24.3 Å². The number of nitrogens with one attached hydrogen (secondary N) is 2. The van der Waals surface area contributed by atoms with Crippen LogP contribution < -0.4 is 10.6 Å². The van der Waals surface area contributed by atoms with Crippen LogP contribution in [0.2, 0.25) is 0 Å². The van der Waals surface area contributed by atoms with Crippen LogP contribution in [0.1, 0.15) is 39.2 Å². The summed E-state index contributed by atoms with van der Waals surface area (Å²) < 4.78 is 6.88. The molecule has 1 unspecified atom stereocenters. The van der Waals surface area contributed by atoms with Gasteiger partial charge in [0.15, 0.2) is 0 Å². The molecule has 0 saturated heterocycles. The number of amides is 1. The fourth-order valence-electron chi connectivity index (χ4n) is 3.55. The number of aromatic nitrogens is 2. The van der Waals surface area contributed by atoms with E-state index in [4.69, 9.17) is 10.00 Å². The number of hydrogen-bond donors (Lipinski definition) is 2. The van der Waals surface area contributed by atoms with Crippen molar-refractivity contribution < 1.29 is 14.3 Å². The van der Waals surface area contributed by atoms with Crippen molar-refractivity contribution in [1.29, 1.82) is 5.26 Å². The van der Waals surface area contributed by atoms with Gasteiger partial charge in [-0.3, -0.25) is 4.79 Å². The molecule has 3 rings (SSSR count). The number of carbonyl (C=O) groups excluding carboxylic acids is 2. The molecule has 1 amide bonds. The Morgan fingerprint density at radius 2 is 1.97 bits per heavy atom. The van der Waals surface area contributed by atoms with Gasteiger partial charge in [-0.2, -0.15) is 17.0 Å². The number of hydrogen-bond acceptors (Lipinski definition) is 7. The zero-order chi connectivity index (χ0) is 25.0. The topological polar surface area (TPSA) is 109 Å². The van der Waals surface area contributed by atoms with Crippen LogP contribution in [-0.2, 0) is 29.2 Å². The first-order valence-corrected chi connectivity index (χ1v) is 12.6. The van der Waals surface area contributed by atoms with Crippen LogP contribution in [-0.4, -0.2) is 46.6 Å². The molecule has 9 heteroatoms. The van der Waals surface area contributed by atoms with Gasteiger partial charge in [0.25, 0.3) is 5.91 Å². The summed E-state index contributed by atoms with van der Waals surface area (Å²) in [4.78, 5) is 29.0. The molecule has 1 aromatic heterocycles. The fraction of sp³-hybridized carbons (Fsp3) is 0.308. The Balaban J connectivity index is 1.56. The molecule has 2 aromatic carbocycles. The summed E-state index contributed by atoms with van der Waals surface area (Å²) in [5.41, 5.74) is 4.20. The maximum Gasteiger partial charge on any atom is 0.328 e. The lowest BCUT2D eigenvalue weighted by atomic mass is 10.1. The van der Waals surface area contributed by atoms with Crippen molar-refractivity contribution in [2.45, 2.75) is 32.1 Å². The molecule has 0 aliphatic rings. The van der Waals surface area contributed by atoms with Crippen LogP contribution in [0.15, 0.2) is 61.1 Å². The lowest BCUT2D eigenvalue weighted by molar-refractivity contribution is -0.142. The van der Waals surface area contributed by atoms with Crippen LogP contribution >= 0.6 is 11.8 Å². The third-order valence-electron chi connectivity index (χ3n) is 5.46. The summed E-state index contributed by atoms with van der Waals surface area (Å²) in [5, 5.41) is 15.1. The Hall–Kier alpha value is -3.61. The quantitative estimate of drug-likeness (QED) is 0.375. The van der Waals surface area contributed by atoms with E-state index in [0.717, 1.165) is 22.6 Å². The maximum atomic E-state index is 12.7. The predicted molar refractivity (Wildman–Crippen MR) is 136 cm³/mol. The molecular formula is C26H29N5O3S. The Kier molecular flexibility index (Phi) is 9.90. The van der Waals surface area contributed by atoms with E-state index in [9.17, 15) is 9.59 Å². The van der Waals surface area contributed by atoms with Crippen LogP contribution in [0.4, 0.5) is 0 Å². The highest BCUT2D eigenvalue weighted by atomic mass is 32.2. The number of ether oxygens (including phenoxy) is 1. The molecule has 0 fully saturated rings.